The monoisotopic (exact) mass is 374 g/mol. The average Bonchev–Trinajstić information content (AvgIpc) is 2.51. The van der Waals surface area contributed by atoms with E-state index >= 15 is 0 Å². The van der Waals surface area contributed by atoms with Crippen molar-refractivity contribution < 1.29 is 18.0 Å². The quantitative estimate of drug-likeness (QED) is 0.825. The van der Waals surface area contributed by atoms with Crippen LogP contribution in [0.5, 0.6) is 0 Å². The highest BCUT2D eigenvalue weighted by molar-refractivity contribution is 7.99. The molecule has 3 nitrogen and oxygen atoms in total. The number of nitrogens with two attached hydrogens (primary N) is 1. The molecule has 1 aliphatic heterocycles. The number of anilines is 1. The number of thioether (sulfide) groups is 1. The second-order valence-electron chi connectivity index (χ2n) is 5.16. The fourth-order valence-electron chi connectivity index (χ4n) is 2.46. The molecule has 0 spiro atoms. The highest BCUT2D eigenvalue weighted by atomic mass is 35.5. The van der Waals surface area contributed by atoms with Crippen molar-refractivity contribution >= 4 is 35.8 Å². The Morgan fingerprint density at radius 1 is 1.12 bits per heavy atom. The van der Waals surface area contributed by atoms with Gasteiger partial charge in [-0.1, -0.05) is 0 Å². The number of hydrogen-bond acceptors (Lipinski definition) is 3. The van der Waals surface area contributed by atoms with E-state index in [4.69, 9.17) is 5.73 Å². The summed E-state index contributed by atoms with van der Waals surface area (Å²) in [7, 11) is 0. The fourth-order valence-corrected chi connectivity index (χ4v) is 3.76. The largest absolute Gasteiger partial charge is 0.324 e. The number of halogens is 4. The molecular weight excluding hydrogens is 361 g/mol. The molecule has 1 unspecified atom stereocenters. The highest BCUT2D eigenvalue weighted by Crippen LogP contribution is 2.39. The highest BCUT2D eigenvalue weighted by Gasteiger charge is 2.26. The van der Waals surface area contributed by atoms with E-state index in [0.29, 0.717) is 22.6 Å². The topological polar surface area (TPSA) is 55.1 Å². The van der Waals surface area contributed by atoms with Crippen LogP contribution in [0.1, 0.15) is 28.4 Å². The van der Waals surface area contributed by atoms with Gasteiger partial charge in [0.2, 0.25) is 0 Å². The molecule has 1 atom stereocenters. The van der Waals surface area contributed by atoms with Gasteiger partial charge >= 0.3 is 0 Å². The molecule has 3 rings (SSSR count). The van der Waals surface area contributed by atoms with Gasteiger partial charge in [-0.15, -0.1) is 24.2 Å². The summed E-state index contributed by atoms with van der Waals surface area (Å²) in [5.41, 5.74) is 6.65. The van der Waals surface area contributed by atoms with E-state index in [1.54, 1.807) is 0 Å². The number of carbonyl (C=O) groups excluding carboxylic acids is 1. The van der Waals surface area contributed by atoms with E-state index in [0.717, 1.165) is 12.1 Å². The minimum atomic E-state index is -1.06. The van der Waals surface area contributed by atoms with Crippen molar-refractivity contribution in [3.05, 3.63) is 58.9 Å². The summed E-state index contributed by atoms with van der Waals surface area (Å²) in [5, 5.41) is 2.49. The van der Waals surface area contributed by atoms with E-state index < -0.39 is 29.4 Å². The fraction of sp³-hybridized carbons (Fsp3) is 0.188. The summed E-state index contributed by atoms with van der Waals surface area (Å²) in [4.78, 5) is 12.9. The molecule has 24 heavy (non-hydrogen) atoms. The molecule has 0 fully saturated rings. The summed E-state index contributed by atoms with van der Waals surface area (Å²) in [6.07, 6.45) is 0.628. The second kappa shape index (κ2) is 7.46. The minimum absolute atomic E-state index is 0. The Morgan fingerprint density at radius 3 is 2.54 bits per heavy atom. The molecule has 3 N–H and O–H groups in total. The molecule has 0 aliphatic carbocycles. The van der Waals surface area contributed by atoms with Gasteiger partial charge in [-0.2, -0.15) is 0 Å². The molecule has 8 heteroatoms. The van der Waals surface area contributed by atoms with Gasteiger partial charge in [0.15, 0.2) is 11.6 Å². The normalized spacial score (nSPS) is 16.1. The van der Waals surface area contributed by atoms with Crippen molar-refractivity contribution in [3.8, 4) is 0 Å². The zero-order chi connectivity index (χ0) is 16.6. The van der Waals surface area contributed by atoms with Crippen LogP contribution in [0.3, 0.4) is 0 Å². The maximum Gasteiger partial charge on any atom is 0.256 e. The van der Waals surface area contributed by atoms with E-state index in [-0.39, 0.29) is 23.7 Å². The number of fused-ring (bicyclic) bond motifs is 1. The van der Waals surface area contributed by atoms with Gasteiger partial charge in [-0.05, 0) is 36.4 Å². The second-order valence-corrected chi connectivity index (χ2v) is 6.27. The van der Waals surface area contributed by atoms with Gasteiger partial charge in [-0.25, -0.2) is 13.2 Å². The third-order valence-corrected chi connectivity index (χ3v) is 4.78. The Labute approximate surface area is 147 Å². The van der Waals surface area contributed by atoms with Crippen LogP contribution in [0.4, 0.5) is 18.9 Å². The molecule has 0 radical (unpaired) electrons. The van der Waals surface area contributed by atoms with Gasteiger partial charge in [0.25, 0.3) is 5.91 Å². The Morgan fingerprint density at radius 2 is 1.83 bits per heavy atom. The molecule has 1 aliphatic rings. The van der Waals surface area contributed by atoms with Gasteiger partial charge in [0.1, 0.15) is 5.82 Å². The van der Waals surface area contributed by atoms with Crippen molar-refractivity contribution in [2.75, 3.05) is 11.1 Å². The zero-order valence-corrected chi connectivity index (χ0v) is 13.9. The van der Waals surface area contributed by atoms with Crippen molar-refractivity contribution in [2.24, 2.45) is 5.73 Å². The first kappa shape index (κ1) is 18.6. The van der Waals surface area contributed by atoms with E-state index in [1.807, 2.05) is 0 Å². The van der Waals surface area contributed by atoms with Crippen LogP contribution in [0.25, 0.3) is 0 Å². The molecule has 0 saturated carbocycles. The molecule has 0 saturated heterocycles. The molecule has 1 amide bonds. The van der Waals surface area contributed by atoms with Crippen LogP contribution in [0.15, 0.2) is 35.2 Å². The lowest BCUT2D eigenvalue weighted by Gasteiger charge is -2.24. The van der Waals surface area contributed by atoms with Crippen molar-refractivity contribution in [1.29, 1.82) is 0 Å². The van der Waals surface area contributed by atoms with Gasteiger partial charge < -0.3 is 11.1 Å². The Balaban J connectivity index is 0.00000208. The number of benzene rings is 2. The average molecular weight is 375 g/mol. The number of amides is 1. The van der Waals surface area contributed by atoms with E-state index in [9.17, 15) is 18.0 Å². The number of nitrogens with one attached hydrogen (secondary N) is 1. The SMILES string of the molecule is Cl.NC1CCSc2c(C(=O)Nc3ccc(F)c(F)c3)ccc(F)c21. The van der Waals surface area contributed by atoms with Crippen molar-refractivity contribution in [3.63, 3.8) is 0 Å². The minimum Gasteiger partial charge on any atom is -0.324 e. The summed E-state index contributed by atoms with van der Waals surface area (Å²) in [5.74, 6) is -2.33. The standard InChI is InChI=1S/C16H13F3N2OS.ClH/c17-10-3-1-8(7-12(10)19)21-16(22)9-2-4-11(18)14-13(20)5-6-23-15(9)14;/h1-4,7,13H,5-6,20H2,(H,21,22);1H. The third-order valence-electron chi connectivity index (χ3n) is 3.61. The predicted octanol–water partition coefficient (Wildman–Crippen LogP) is 4.27. The Bertz CT molecular complexity index is 788. The maximum absolute atomic E-state index is 14.0. The van der Waals surface area contributed by atoms with Crippen LogP contribution >= 0.6 is 24.2 Å². The first-order valence-corrected chi connectivity index (χ1v) is 7.93. The molecular formula is C16H14ClF3N2OS. The number of hydrogen-bond donors (Lipinski definition) is 2. The van der Waals surface area contributed by atoms with Crippen molar-refractivity contribution in [1.82, 2.24) is 0 Å². The van der Waals surface area contributed by atoms with Crippen molar-refractivity contribution in [2.45, 2.75) is 17.4 Å². The van der Waals surface area contributed by atoms with Crippen LogP contribution in [-0.2, 0) is 0 Å². The first-order valence-electron chi connectivity index (χ1n) is 6.94. The molecule has 1 heterocycles. The number of rotatable bonds is 2. The maximum atomic E-state index is 14.0. The van der Waals surface area contributed by atoms with Crippen LogP contribution in [0.2, 0.25) is 0 Å². The molecule has 2 aromatic carbocycles. The Hall–Kier alpha value is -1.70. The number of carbonyl (C=O) groups is 1. The zero-order valence-electron chi connectivity index (χ0n) is 12.3. The van der Waals surface area contributed by atoms with E-state index in [2.05, 4.69) is 5.32 Å². The predicted molar refractivity (Wildman–Crippen MR) is 90.2 cm³/mol. The molecule has 128 valence electrons. The molecule has 2 aromatic rings. The summed E-state index contributed by atoms with van der Waals surface area (Å²) < 4.78 is 40.1. The van der Waals surface area contributed by atoms with Crippen LogP contribution in [-0.4, -0.2) is 11.7 Å². The summed E-state index contributed by atoms with van der Waals surface area (Å²) in [6, 6.07) is 5.18. The smallest absolute Gasteiger partial charge is 0.256 e. The van der Waals surface area contributed by atoms with E-state index in [1.165, 1.54) is 30.0 Å². The van der Waals surface area contributed by atoms with Gasteiger partial charge in [0, 0.05) is 28.3 Å². The molecule has 0 aromatic heterocycles. The third kappa shape index (κ3) is 3.53. The van der Waals surface area contributed by atoms with Crippen LogP contribution < -0.4 is 11.1 Å². The lowest BCUT2D eigenvalue weighted by molar-refractivity contribution is 0.102. The lowest BCUT2D eigenvalue weighted by Crippen LogP contribution is -2.21. The summed E-state index contributed by atoms with van der Waals surface area (Å²) >= 11 is 1.36. The van der Waals surface area contributed by atoms with Gasteiger partial charge in [0.05, 0.1) is 5.56 Å². The van der Waals surface area contributed by atoms with Crippen LogP contribution in [0, 0.1) is 17.5 Å². The Kier molecular flexibility index (Phi) is 5.79. The first-order chi connectivity index (χ1) is 11.0. The molecule has 0 bridgehead atoms. The summed E-state index contributed by atoms with van der Waals surface area (Å²) in [6.45, 7) is 0. The van der Waals surface area contributed by atoms with Gasteiger partial charge in [-0.3, -0.25) is 4.79 Å². The lowest BCUT2D eigenvalue weighted by atomic mass is 10.0.